The van der Waals surface area contributed by atoms with E-state index in [9.17, 15) is 23.2 Å². The molecular formula is C14H14F2N2O3S. The molecule has 118 valence electrons. The number of hydrogen-bond donors (Lipinski definition) is 1. The minimum Gasteiger partial charge on any atom is -0.322 e. The van der Waals surface area contributed by atoms with Gasteiger partial charge in [-0.25, -0.2) is 8.78 Å². The van der Waals surface area contributed by atoms with Crippen LogP contribution in [0.3, 0.4) is 0 Å². The summed E-state index contributed by atoms with van der Waals surface area (Å²) in [7, 11) is 0. The number of carbonyl (C=O) groups excluding carboxylic acids is 3. The quantitative estimate of drug-likeness (QED) is 0.859. The fraction of sp³-hybridized carbons (Fsp3) is 0.357. The fourth-order valence-corrected chi connectivity index (χ4v) is 3.15. The van der Waals surface area contributed by atoms with E-state index in [1.54, 1.807) is 13.8 Å². The molecule has 0 unspecified atom stereocenters. The normalized spacial score (nSPS) is 21.9. The number of thioether (sulfide) groups is 1. The predicted molar refractivity (Wildman–Crippen MR) is 78.2 cm³/mol. The van der Waals surface area contributed by atoms with Crippen LogP contribution in [-0.4, -0.2) is 39.7 Å². The molecule has 1 aliphatic rings. The lowest BCUT2D eigenvalue weighted by Gasteiger charge is -2.31. The third-order valence-electron chi connectivity index (χ3n) is 3.14. The number of carbonyl (C=O) groups is 3. The van der Waals surface area contributed by atoms with Crippen molar-refractivity contribution in [3.05, 3.63) is 29.8 Å². The minimum atomic E-state index is -0.929. The van der Waals surface area contributed by atoms with Crippen LogP contribution in [0, 0.1) is 11.6 Å². The number of hydrogen-bond acceptors (Lipinski definition) is 4. The minimum absolute atomic E-state index is 0.209. The van der Waals surface area contributed by atoms with Gasteiger partial charge in [-0.2, -0.15) is 0 Å². The van der Waals surface area contributed by atoms with Crippen molar-refractivity contribution in [1.29, 1.82) is 0 Å². The maximum absolute atomic E-state index is 13.5. The van der Waals surface area contributed by atoms with E-state index in [1.165, 1.54) is 11.8 Å². The van der Waals surface area contributed by atoms with Crippen LogP contribution in [0.4, 0.5) is 14.5 Å². The highest BCUT2D eigenvalue weighted by Crippen LogP contribution is 2.26. The van der Waals surface area contributed by atoms with Crippen LogP contribution in [0.1, 0.15) is 13.8 Å². The maximum Gasteiger partial charge on any atom is 0.244 e. The number of rotatable bonds is 3. The van der Waals surface area contributed by atoms with Crippen LogP contribution in [0.15, 0.2) is 18.2 Å². The summed E-state index contributed by atoms with van der Waals surface area (Å²) in [6, 6.07) is 2.70. The molecule has 1 aliphatic heterocycles. The molecule has 1 N–H and O–H groups in total. The van der Waals surface area contributed by atoms with Gasteiger partial charge in [0, 0.05) is 6.07 Å². The lowest BCUT2D eigenvalue weighted by Crippen LogP contribution is -2.52. The summed E-state index contributed by atoms with van der Waals surface area (Å²) in [6.45, 7) is 2.81. The van der Waals surface area contributed by atoms with Gasteiger partial charge in [-0.05, 0) is 26.0 Å². The highest BCUT2D eigenvalue weighted by atomic mass is 32.2. The Bertz CT molecular complexity index is 619. The summed E-state index contributed by atoms with van der Waals surface area (Å²) < 4.78 is 26.3. The Labute approximate surface area is 130 Å². The van der Waals surface area contributed by atoms with Crippen molar-refractivity contribution >= 4 is 35.2 Å². The zero-order chi connectivity index (χ0) is 16.4. The largest absolute Gasteiger partial charge is 0.322 e. The first kappa shape index (κ1) is 16.4. The first-order chi connectivity index (χ1) is 10.3. The Morgan fingerprint density at radius 1 is 1.23 bits per heavy atom. The van der Waals surface area contributed by atoms with Crippen molar-refractivity contribution in [1.82, 2.24) is 4.90 Å². The number of halogens is 2. The summed E-state index contributed by atoms with van der Waals surface area (Å²) in [6.07, 6.45) is 0. The molecule has 8 heteroatoms. The Morgan fingerprint density at radius 2 is 1.82 bits per heavy atom. The van der Waals surface area contributed by atoms with Crippen LogP contribution >= 0.6 is 11.8 Å². The van der Waals surface area contributed by atoms with E-state index in [2.05, 4.69) is 5.32 Å². The van der Waals surface area contributed by atoms with Crippen molar-refractivity contribution in [3.63, 3.8) is 0 Å². The molecule has 0 radical (unpaired) electrons. The number of amides is 3. The molecule has 0 aliphatic carbocycles. The molecule has 0 aromatic heterocycles. The Kier molecular flexibility index (Phi) is 4.80. The van der Waals surface area contributed by atoms with Gasteiger partial charge in [0.2, 0.25) is 17.7 Å². The Hall–Kier alpha value is -1.96. The number of nitrogens with zero attached hydrogens (tertiary/aromatic N) is 1. The third kappa shape index (κ3) is 3.44. The van der Waals surface area contributed by atoms with Gasteiger partial charge in [0.1, 0.15) is 18.2 Å². The third-order valence-corrected chi connectivity index (χ3v) is 4.36. The molecule has 1 aromatic carbocycles. The predicted octanol–water partition coefficient (Wildman–Crippen LogP) is 1.78. The van der Waals surface area contributed by atoms with Gasteiger partial charge in [0.25, 0.3) is 0 Å². The van der Waals surface area contributed by atoms with E-state index in [0.717, 1.165) is 17.0 Å². The van der Waals surface area contributed by atoms with Crippen molar-refractivity contribution in [2.24, 2.45) is 0 Å². The van der Waals surface area contributed by atoms with E-state index in [1.807, 2.05) is 0 Å². The summed E-state index contributed by atoms with van der Waals surface area (Å²) in [4.78, 5) is 36.7. The second-order valence-electron chi connectivity index (χ2n) is 4.86. The highest BCUT2D eigenvalue weighted by molar-refractivity contribution is 8.02. The van der Waals surface area contributed by atoms with E-state index < -0.39 is 46.4 Å². The van der Waals surface area contributed by atoms with Gasteiger partial charge < -0.3 is 5.32 Å². The van der Waals surface area contributed by atoms with Gasteiger partial charge in [0.15, 0.2) is 0 Å². The molecule has 0 saturated carbocycles. The Morgan fingerprint density at radius 3 is 2.36 bits per heavy atom. The molecule has 3 amide bonds. The SMILES string of the molecule is C[C@@H]1S[C@@H](C)C(=O)N(CC(=O)Nc2ccc(F)cc2F)C1=O. The van der Waals surface area contributed by atoms with Crippen LogP contribution < -0.4 is 5.32 Å². The summed E-state index contributed by atoms with van der Waals surface area (Å²) >= 11 is 1.22. The molecule has 1 saturated heterocycles. The molecule has 1 aromatic rings. The molecule has 0 bridgehead atoms. The monoisotopic (exact) mass is 328 g/mol. The number of benzene rings is 1. The molecule has 5 nitrogen and oxygen atoms in total. The topological polar surface area (TPSA) is 66.5 Å². The van der Waals surface area contributed by atoms with Crippen molar-refractivity contribution in [2.75, 3.05) is 11.9 Å². The number of anilines is 1. The van der Waals surface area contributed by atoms with Gasteiger partial charge in [0.05, 0.1) is 16.2 Å². The molecular weight excluding hydrogens is 314 g/mol. The lowest BCUT2D eigenvalue weighted by molar-refractivity contribution is -0.147. The molecule has 2 atom stereocenters. The van der Waals surface area contributed by atoms with Crippen LogP contribution in [0.5, 0.6) is 0 Å². The average molecular weight is 328 g/mol. The van der Waals surface area contributed by atoms with Crippen molar-refractivity contribution < 1.29 is 23.2 Å². The zero-order valence-electron chi connectivity index (χ0n) is 11.9. The van der Waals surface area contributed by atoms with E-state index in [4.69, 9.17) is 0 Å². The Balaban J connectivity index is 2.07. The van der Waals surface area contributed by atoms with Gasteiger partial charge in [-0.3, -0.25) is 19.3 Å². The van der Waals surface area contributed by atoms with Crippen molar-refractivity contribution in [3.8, 4) is 0 Å². The average Bonchev–Trinajstić information content (AvgIpc) is 2.44. The van der Waals surface area contributed by atoms with Crippen LogP contribution in [-0.2, 0) is 14.4 Å². The van der Waals surface area contributed by atoms with Crippen molar-refractivity contribution in [2.45, 2.75) is 24.3 Å². The smallest absolute Gasteiger partial charge is 0.244 e. The number of nitrogens with one attached hydrogen (secondary N) is 1. The van der Waals surface area contributed by atoms with E-state index in [0.29, 0.717) is 6.07 Å². The molecule has 1 fully saturated rings. The summed E-state index contributed by atoms with van der Waals surface area (Å²) in [5, 5.41) is 1.37. The number of imide groups is 1. The van der Waals surface area contributed by atoms with Gasteiger partial charge in [-0.1, -0.05) is 0 Å². The maximum atomic E-state index is 13.5. The summed E-state index contributed by atoms with van der Waals surface area (Å²) in [5.74, 6) is -3.33. The second kappa shape index (κ2) is 6.43. The molecule has 0 spiro atoms. The van der Waals surface area contributed by atoms with E-state index >= 15 is 0 Å². The van der Waals surface area contributed by atoms with Gasteiger partial charge >= 0.3 is 0 Å². The highest BCUT2D eigenvalue weighted by Gasteiger charge is 2.38. The zero-order valence-corrected chi connectivity index (χ0v) is 12.7. The standard InChI is InChI=1S/C14H14F2N2O3S/c1-7-13(20)18(14(21)8(2)22-7)6-12(19)17-11-4-3-9(15)5-10(11)16/h3-5,7-8H,6H2,1-2H3,(H,17,19)/t7-,8-/m0/s1. The first-order valence-corrected chi connectivity index (χ1v) is 7.49. The second-order valence-corrected chi connectivity index (χ2v) is 6.54. The molecule has 22 heavy (non-hydrogen) atoms. The van der Waals surface area contributed by atoms with Crippen LogP contribution in [0.2, 0.25) is 0 Å². The van der Waals surface area contributed by atoms with E-state index in [-0.39, 0.29) is 5.69 Å². The first-order valence-electron chi connectivity index (χ1n) is 6.55. The molecule has 1 heterocycles. The summed E-state index contributed by atoms with van der Waals surface area (Å²) in [5.41, 5.74) is -0.209. The van der Waals surface area contributed by atoms with Crippen LogP contribution in [0.25, 0.3) is 0 Å². The molecule has 2 rings (SSSR count). The lowest BCUT2D eigenvalue weighted by atomic mass is 10.2. The fourth-order valence-electron chi connectivity index (χ4n) is 2.05. The van der Waals surface area contributed by atoms with Gasteiger partial charge in [-0.15, -0.1) is 11.8 Å².